The van der Waals surface area contributed by atoms with Gasteiger partial charge in [-0.25, -0.2) is 4.98 Å². The van der Waals surface area contributed by atoms with Crippen molar-refractivity contribution in [3.8, 4) is 0 Å². The number of thiazole rings is 1. The van der Waals surface area contributed by atoms with Gasteiger partial charge < -0.3 is 5.73 Å². The van der Waals surface area contributed by atoms with E-state index in [1.165, 1.54) is 0 Å². The highest BCUT2D eigenvalue weighted by molar-refractivity contribution is 7.09. The maximum Gasteiger partial charge on any atom is 0.0897 e. The highest BCUT2D eigenvalue weighted by atomic mass is 32.1. The summed E-state index contributed by atoms with van der Waals surface area (Å²) in [5.41, 5.74) is 9.53. The molecular formula is C15H15N3S. The van der Waals surface area contributed by atoms with Gasteiger partial charge >= 0.3 is 0 Å². The van der Waals surface area contributed by atoms with E-state index in [0.29, 0.717) is 0 Å². The number of aryl methyl sites for hydroxylation is 1. The zero-order valence-electron chi connectivity index (χ0n) is 10.7. The fraction of sp³-hybridized carbons (Fsp3) is 0.200. The van der Waals surface area contributed by atoms with Gasteiger partial charge in [-0.2, -0.15) is 0 Å². The number of hydrogen-bond donors (Lipinski definition) is 1. The van der Waals surface area contributed by atoms with Crippen molar-refractivity contribution in [1.29, 1.82) is 0 Å². The van der Waals surface area contributed by atoms with Crippen LogP contribution in [0.1, 0.15) is 22.3 Å². The number of benzene rings is 1. The first-order valence-electron chi connectivity index (χ1n) is 6.24. The van der Waals surface area contributed by atoms with Gasteiger partial charge in [0.15, 0.2) is 0 Å². The van der Waals surface area contributed by atoms with Gasteiger partial charge in [0.1, 0.15) is 0 Å². The summed E-state index contributed by atoms with van der Waals surface area (Å²) in [7, 11) is 0. The van der Waals surface area contributed by atoms with Crippen molar-refractivity contribution in [2.24, 2.45) is 5.73 Å². The molecule has 1 aromatic carbocycles. The molecule has 2 heterocycles. The molecule has 0 bridgehead atoms. The highest BCUT2D eigenvalue weighted by Crippen LogP contribution is 2.24. The molecule has 0 aliphatic rings. The normalized spacial score (nSPS) is 12.7. The zero-order valence-corrected chi connectivity index (χ0v) is 11.5. The number of rotatable bonds is 3. The van der Waals surface area contributed by atoms with E-state index in [-0.39, 0.29) is 6.04 Å². The molecule has 2 N–H and O–H groups in total. The van der Waals surface area contributed by atoms with E-state index in [0.717, 1.165) is 33.6 Å². The fourth-order valence-electron chi connectivity index (χ4n) is 2.29. The number of hydrogen-bond acceptors (Lipinski definition) is 4. The lowest BCUT2D eigenvalue weighted by molar-refractivity contribution is 0.714. The van der Waals surface area contributed by atoms with Gasteiger partial charge in [-0.05, 0) is 24.6 Å². The first kappa shape index (κ1) is 12.3. The SMILES string of the molecule is Cc1nc(CC(N)c2cccc3ncccc23)cs1. The van der Waals surface area contributed by atoms with Crippen molar-refractivity contribution >= 4 is 22.2 Å². The predicted molar refractivity (Wildman–Crippen MR) is 79.2 cm³/mol. The summed E-state index contributed by atoms with van der Waals surface area (Å²) in [6, 6.07) is 10.1. The largest absolute Gasteiger partial charge is 0.324 e. The van der Waals surface area contributed by atoms with E-state index < -0.39 is 0 Å². The summed E-state index contributed by atoms with van der Waals surface area (Å²) in [6.07, 6.45) is 2.57. The molecule has 0 saturated heterocycles. The standard InChI is InChI=1S/C15H15N3S/c1-10-18-11(9-19-10)8-14(16)12-4-2-6-15-13(12)5-3-7-17-15/h2-7,9,14H,8,16H2,1H3. The number of fused-ring (bicyclic) bond motifs is 1. The Morgan fingerprint density at radius 3 is 2.95 bits per heavy atom. The molecule has 0 spiro atoms. The Morgan fingerprint density at radius 1 is 1.26 bits per heavy atom. The van der Waals surface area contributed by atoms with Crippen LogP contribution in [0.4, 0.5) is 0 Å². The molecule has 1 atom stereocenters. The lowest BCUT2D eigenvalue weighted by atomic mass is 9.99. The Hall–Kier alpha value is -1.78. The average Bonchev–Trinajstić information content (AvgIpc) is 2.83. The van der Waals surface area contributed by atoms with E-state index >= 15 is 0 Å². The Kier molecular flexibility index (Phi) is 3.27. The van der Waals surface area contributed by atoms with E-state index in [4.69, 9.17) is 5.73 Å². The number of aromatic nitrogens is 2. The summed E-state index contributed by atoms with van der Waals surface area (Å²) in [6.45, 7) is 2.02. The molecule has 3 nitrogen and oxygen atoms in total. The van der Waals surface area contributed by atoms with Crippen LogP contribution < -0.4 is 5.73 Å². The topological polar surface area (TPSA) is 51.8 Å². The molecule has 4 heteroatoms. The Morgan fingerprint density at radius 2 is 2.16 bits per heavy atom. The maximum atomic E-state index is 6.34. The molecule has 96 valence electrons. The maximum absolute atomic E-state index is 6.34. The molecule has 0 amide bonds. The molecule has 0 aliphatic heterocycles. The molecule has 3 aromatic rings. The van der Waals surface area contributed by atoms with Crippen LogP contribution in [0.15, 0.2) is 41.9 Å². The van der Waals surface area contributed by atoms with Crippen LogP contribution in [-0.4, -0.2) is 9.97 Å². The van der Waals surface area contributed by atoms with Gasteiger partial charge in [0.05, 0.1) is 16.2 Å². The quantitative estimate of drug-likeness (QED) is 0.794. The van der Waals surface area contributed by atoms with Gasteiger partial charge in [-0.15, -0.1) is 11.3 Å². The van der Waals surface area contributed by atoms with Gasteiger partial charge in [-0.1, -0.05) is 18.2 Å². The van der Waals surface area contributed by atoms with E-state index in [2.05, 4.69) is 27.5 Å². The molecular weight excluding hydrogens is 254 g/mol. The van der Waals surface area contributed by atoms with Crippen molar-refractivity contribution < 1.29 is 0 Å². The molecule has 0 aliphatic carbocycles. The molecule has 0 fully saturated rings. The third-order valence-corrected chi connectivity index (χ3v) is 4.00. The Labute approximate surface area is 116 Å². The summed E-state index contributed by atoms with van der Waals surface area (Å²) >= 11 is 1.67. The number of nitrogens with zero attached hydrogens (tertiary/aromatic N) is 2. The Bertz CT molecular complexity index is 700. The lowest BCUT2D eigenvalue weighted by Gasteiger charge is -2.13. The number of pyridine rings is 1. The van der Waals surface area contributed by atoms with Crippen LogP contribution in [0.5, 0.6) is 0 Å². The van der Waals surface area contributed by atoms with Crippen molar-refractivity contribution in [2.45, 2.75) is 19.4 Å². The fourth-order valence-corrected chi connectivity index (χ4v) is 2.91. The first-order valence-corrected chi connectivity index (χ1v) is 7.12. The van der Waals surface area contributed by atoms with Gasteiger partial charge in [0.2, 0.25) is 0 Å². The lowest BCUT2D eigenvalue weighted by Crippen LogP contribution is -2.14. The molecule has 0 saturated carbocycles. The third-order valence-electron chi connectivity index (χ3n) is 3.17. The smallest absolute Gasteiger partial charge is 0.0897 e. The summed E-state index contributed by atoms with van der Waals surface area (Å²) in [5.74, 6) is 0. The molecule has 19 heavy (non-hydrogen) atoms. The molecule has 1 unspecified atom stereocenters. The Balaban J connectivity index is 1.95. The van der Waals surface area contributed by atoms with Crippen molar-refractivity contribution in [2.75, 3.05) is 0 Å². The molecule has 2 aromatic heterocycles. The second-order valence-electron chi connectivity index (χ2n) is 4.59. The van der Waals surface area contributed by atoms with Crippen LogP contribution in [0.3, 0.4) is 0 Å². The van der Waals surface area contributed by atoms with Crippen LogP contribution in [0.25, 0.3) is 10.9 Å². The zero-order chi connectivity index (χ0) is 13.2. The molecule has 3 rings (SSSR count). The third kappa shape index (κ3) is 2.50. The van der Waals surface area contributed by atoms with Crippen LogP contribution in [-0.2, 0) is 6.42 Å². The van der Waals surface area contributed by atoms with Crippen LogP contribution in [0, 0.1) is 6.92 Å². The summed E-state index contributed by atoms with van der Waals surface area (Å²) in [4.78, 5) is 8.85. The average molecular weight is 269 g/mol. The van der Waals surface area contributed by atoms with Gasteiger partial charge in [0.25, 0.3) is 0 Å². The minimum Gasteiger partial charge on any atom is -0.324 e. The highest BCUT2D eigenvalue weighted by Gasteiger charge is 2.12. The van der Waals surface area contributed by atoms with E-state index in [9.17, 15) is 0 Å². The molecule has 0 radical (unpaired) electrons. The van der Waals surface area contributed by atoms with E-state index in [1.54, 1.807) is 17.5 Å². The van der Waals surface area contributed by atoms with Crippen molar-refractivity contribution in [3.05, 3.63) is 58.2 Å². The monoisotopic (exact) mass is 269 g/mol. The van der Waals surface area contributed by atoms with Gasteiger partial charge in [0, 0.05) is 29.4 Å². The first-order chi connectivity index (χ1) is 9.24. The predicted octanol–water partition coefficient (Wildman–Crippen LogP) is 3.24. The van der Waals surface area contributed by atoms with Crippen LogP contribution >= 0.6 is 11.3 Å². The van der Waals surface area contributed by atoms with Gasteiger partial charge in [-0.3, -0.25) is 4.98 Å². The second kappa shape index (κ2) is 5.07. The second-order valence-corrected chi connectivity index (χ2v) is 5.65. The van der Waals surface area contributed by atoms with Crippen LogP contribution in [0.2, 0.25) is 0 Å². The minimum absolute atomic E-state index is 0.0469. The number of nitrogens with two attached hydrogens (primary N) is 1. The summed E-state index contributed by atoms with van der Waals surface area (Å²) < 4.78 is 0. The minimum atomic E-state index is -0.0469. The van der Waals surface area contributed by atoms with Crippen molar-refractivity contribution in [3.63, 3.8) is 0 Å². The van der Waals surface area contributed by atoms with Crippen molar-refractivity contribution in [1.82, 2.24) is 9.97 Å². The van der Waals surface area contributed by atoms with E-state index in [1.807, 2.05) is 25.1 Å². The summed E-state index contributed by atoms with van der Waals surface area (Å²) in [5, 5.41) is 4.30.